The molecule has 4 rings (SSSR count). The molecule has 0 aliphatic heterocycles. The van der Waals surface area contributed by atoms with E-state index in [1.165, 1.54) is 6.20 Å². The number of rotatable bonds is 10. The summed E-state index contributed by atoms with van der Waals surface area (Å²) >= 11 is 0. The summed E-state index contributed by atoms with van der Waals surface area (Å²) in [6.07, 6.45) is 3.81. The maximum atomic E-state index is 12.6. The first-order valence-electron chi connectivity index (χ1n) is 11.5. The third-order valence-corrected chi connectivity index (χ3v) is 5.46. The van der Waals surface area contributed by atoms with Gasteiger partial charge in [0.25, 0.3) is 5.91 Å². The highest BCUT2D eigenvalue weighted by atomic mass is 16.4. The van der Waals surface area contributed by atoms with Gasteiger partial charge in [0.15, 0.2) is 11.2 Å². The molecule has 4 aromatic rings. The fraction of sp³-hybridized carbons (Fsp3) is 0.304. The molecule has 1 aromatic carbocycles. The number of nitrogens with one attached hydrogen (secondary N) is 2. The van der Waals surface area contributed by atoms with E-state index in [9.17, 15) is 19.8 Å². The number of carboxylic acids is 1. The van der Waals surface area contributed by atoms with Crippen molar-refractivity contribution in [3.63, 3.8) is 0 Å². The van der Waals surface area contributed by atoms with Crippen LogP contribution in [0.2, 0.25) is 0 Å². The highest BCUT2D eigenvalue weighted by molar-refractivity contribution is 5.96. The summed E-state index contributed by atoms with van der Waals surface area (Å²) in [5.74, 6) is -2.08. The Labute approximate surface area is 211 Å². The first-order chi connectivity index (χ1) is 17.7. The number of benzene rings is 1. The number of hydrogen-bond acceptors (Lipinski definition) is 11. The standard InChI is InChI=1S/C23H26N10O4/c1-12(2)33-11-15(31-32-33)7-8-17(22(36)37)28-20(34)13-3-5-14(6-4-13)25-9-16-10-26-19-18(27-16)21(35)30-23(24)29-19/h3-6,10-12,17,25H,7-9H2,1-2H3,(H,28,34)(H,36,37)(H3,24,26,29,30,35)/t17-/m0/s1. The topological polar surface area (TPSA) is 207 Å². The number of nitrogens with zero attached hydrogens (tertiary/aromatic N) is 7. The highest BCUT2D eigenvalue weighted by Gasteiger charge is 2.21. The zero-order chi connectivity index (χ0) is 26.5. The Morgan fingerprint density at radius 1 is 1.11 bits per heavy atom. The van der Waals surface area contributed by atoms with Crippen molar-refractivity contribution in [2.24, 2.45) is 0 Å². The highest BCUT2D eigenvalue weighted by Crippen LogP contribution is 2.19. The molecule has 192 valence electrons. The minimum absolute atomic E-state index is 0.0976. The number of aryl methyl sites for hydroxylation is 1. The number of fused-ring (bicyclic) bond motifs is 1. The molecule has 0 spiro atoms. The average molecular weight is 507 g/mol. The zero-order valence-corrected chi connectivity index (χ0v) is 20.2. The van der Waals surface area contributed by atoms with Gasteiger partial charge in [-0.3, -0.25) is 4.79 Å². The SMILES string of the molecule is CC(C)n1cc(CC[C@H](NC(=O)c2ccc(NCc3cnc4nc(N)nc(O)c4n3)cc2)C(=O)O)nn1. The molecule has 0 fully saturated rings. The molecule has 0 bridgehead atoms. The van der Waals surface area contributed by atoms with Crippen molar-refractivity contribution in [1.82, 2.24) is 40.2 Å². The maximum Gasteiger partial charge on any atom is 0.326 e. The smallest absolute Gasteiger partial charge is 0.326 e. The fourth-order valence-corrected chi connectivity index (χ4v) is 3.43. The molecule has 14 heteroatoms. The van der Waals surface area contributed by atoms with E-state index in [-0.39, 0.29) is 42.0 Å². The third kappa shape index (κ3) is 6.22. The minimum atomic E-state index is -1.13. The largest absolute Gasteiger partial charge is 0.492 e. The van der Waals surface area contributed by atoms with Gasteiger partial charge >= 0.3 is 5.97 Å². The summed E-state index contributed by atoms with van der Waals surface area (Å²) in [5, 5.41) is 33.2. The predicted molar refractivity (Wildman–Crippen MR) is 133 cm³/mol. The molecule has 3 aromatic heterocycles. The van der Waals surface area contributed by atoms with Gasteiger partial charge in [-0.1, -0.05) is 5.21 Å². The van der Waals surface area contributed by atoms with Gasteiger partial charge in [-0.25, -0.2) is 19.4 Å². The molecule has 0 saturated carbocycles. The van der Waals surface area contributed by atoms with Crippen LogP contribution in [0.1, 0.15) is 48.1 Å². The van der Waals surface area contributed by atoms with Crippen LogP contribution in [0.25, 0.3) is 11.2 Å². The second-order valence-electron chi connectivity index (χ2n) is 8.56. The lowest BCUT2D eigenvalue weighted by Crippen LogP contribution is -2.41. The van der Waals surface area contributed by atoms with Crippen LogP contribution in [-0.2, 0) is 17.8 Å². The van der Waals surface area contributed by atoms with Crippen LogP contribution in [0.15, 0.2) is 36.7 Å². The van der Waals surface area contributed by atoms with Crippen molar-refractivity contribution in [2.75, 3.05) is 11.1 Å². The van der Waals surface area contributed by atoms with Crippen molar-refractivity contribution in [3.8, 4) is 5.88 Å². The monoisotopic (exact) mass is 506 g/mol. The lowest BCUT2D eigenvalue weighted by molar-refractivity contribution is -0.139. The van der Waals surface area contributed by atoms with Crippen LogP contribution in [0.5, 0.6) is 5.88 Å². The van der Waals surface area contributed by atoms with Gasteiger partial charge in [0.1, 0.15) is 6.04 Å². The number of aromatic nitrogens is 7. The van der Waals surface area contributed by atoms with E-state index in [0.717, 1.165) is 0 Å². The van der Waals surface area contributed by atoms with Gasteiger partial charge < -0.3 is 26.6 Å². The summed E-state index contributed by atoms with van der Waals surface area (Å²) in [4.78, 5) is 40.3. The average Bonchev–Trinajstić information content (AvgIpc) is 3.35. The van der Waals surface area contributed by atoms with E-state index >= 15 is 0 Å². The molecular weight excluding hydrogens is 480 g/mol. The van der Waals surface area contributed by atoms with Crippen molar-refractivity contribution in [2.45, 2.75) is 45.3 Å². The number of amides is 1. The van der Waals surface area contributed by atoms with Gasteiger partial charge in [-0.05, 0) is 51.0 Å². The molecule has 0 unspecified atom stereocenters. The van der Waals surface area contributed by atoms with Crippen LogP contribution < -0.4 is 16.4 Å². The molecule has 0 aliphatic rings. The molecule has 1 atom stereocenters. The second-order valence-corrected chi connectivity index (χ2v) is 8.56. The van der Waals surface area contributed by atoms with Gasteiger partial charge in [-0.2, -0.15) is 9.97 Å². The van der Waals surface area contributed by atoms with Crippen molar-refractivity contribution >= 4 is 34.7 Å². The van der Waals surface area contributed by atoms with Gasteiger partial charge in [0, 0.05) is 23.5 Å². The molecule has 0 saturated heterocycles. The normalized spacial score (nSPS) is 12.0. The minimum Gasteiger partial charge on any atom is -0.492 e. The number of hydrogen-bond donors (Lipinski definition) is 5. The van der Waals surface area contributed by atoms with E-state index in [1.54, 1.807) is 35.1 Å². The lowest BCUT2D eigenvalue weighted by atomic mass is 10.1. The van der Waals surface area contributed by atoms with Crippen LogP contribution in [-0.4, -0.2) is 63.1 Å². The summed E-state index contributed by atoms with van der Waals surface area (Å²) in [6, 6.07) is 5.61. The number of carbonyl (C=O) groups is 2. The Morgan fingerprint density at radius 2 is 1.86 bits per heavy atom. The molecule has 3 heterocycles. The number of carbonyl (C=O) groups excluding carboxylic acids is 1. The maximum absolute atomic E-state index is 12.6. The number of anilines is 2. The second kappa shape index (κ2) is 10.8. The van der Waals surface area contributed by atoms with Crippen molar-refractivity contribution < 1.29 is 19.8 Å². The van der Waals surface area contributed by atoms with Gasteiger partial charge in [0.05, 0.1) is 24.1 Å². The number of carboxylic acid groups (broad SMARTS) is 1. The van der Waals surface area contributed by atoms with Crippen LogP contribution in [0.4, 0.5) is 11.6 Å². The Bertz CT molecular complexity index is 1420. The molecule has 14 nitrogen and oxygen atoms in total. The quantitative estimate of drug-likeness (QED) is 0.206. The lowest BCUT2D eigenvalue weighted by Gasteiger charge is -2.14. The molecule has 37 heavy (non-hydrogen) atoms. The Kier molecular flexibility index (Phi) is 7.36. The summed E-state index contributed by atoms with van der Waals surface area (Å²) in [7, 11) is 0. The zero-order valence-electron chi connectivity index (χ0n) is 20.2. The molecule has 0 radical (unpaired) electrons. The van der Waals surface area contributed by atoms with Crippen molar-refractivity contribution in [3.05, 3.63) is 53.6 Å². The first-order valence-corrected chi connectivity index (χ1v) is 11.5. The number of aliphatic carboxylic acids is 1. The number of nitrogens with two attached hydrogens (primary N) is 1. The fourth-order valence-electron chi connectivity index (χ4n) is 3.43. The first kappa shape index (κ1) is 25.2. The molecule has 0 aliphatic carbocycles. The predicted octanol–water partition coefficient (Wildman–Crippen LogP) is 1.31. The Morgan fingerprint density at radius 3 is 2.54 bits per heavy atom. The van der Waals surface area contributed by atoms with Gasteiger partial charge in [-0.15, -0.1) is 5.10 Å². The van der Waals surface area contributed by atoms with E-state index in [1.807, 2.05) is 13.8 Å². The summed E-state index contributed by atoms with van der Waals surface area (Å²) in [5.41, 5.74) is 8.01. The molecule has 6 N–H and O–H groups in total. The van der Waals surface area contributed by atoms with E-state index in [2.05, 4.69) is 40.9 Å². The summed E-state index contributed by atoms with van der Waals surface area (Å²) < 4.78 is 1.69. The number of aromatic hydroxyl groups is 1. The molecule has 1 amide bonds. The van der Waals surface area contributed by atoms with Crippen LogP contribution in [0.3, 0.4) is 0 Å². The molecular formula is C23H26N10O4. The Balaban J connectivity index is 1.33. The van der Waals surface area contributed by atoms with Crippen LogP contribution >= 0.6 is 0 Å². The van der Waals surface area contributed by atoms with E-state index in [0.29, 0.717) is 29.1 Å². The van der Waals surface area contributed by atoms with E-state index < -0.39 is 17.9 Å². The summed E-state index contributed by atoms with van der Waals surface area (Å²) in [6.45, 7) is 4.21. The van der Waals surface area contributed by atoms with Crippen molar-refractivity contribution in [1.29, 1.82) is 0 Å². The third-order valence-electron chi connectivity index (χ3n) is 5.46. The van der Waals surface area contributed by atoms with E-state index in [4.69, 9.17) is 5.73 Å². The van der Waals surface area contributed by atoms with Crippen LogP contribution in [0, 0.1) is 0 Å². The Hall–Kier alpha value is -4.88. The number of nitrogen functional groups attached to an aromatic ring is 1. The van der Waals surface area contributed by atoms with Gasteiger partial charge in [0.2, 0.25) is 11.8 Å².